The van der Waals surface area contributed by atoms with Crippen LogP contribution in [0, 0.1) is 0 Å². The minimum atomic E-state index is -0.389. The molecule has 0 aliphatic carbocycles. The number of rotatable bonds is 7. The molecule has 0 aliphatic rings. The average molecular weight is 348 g/mol. The first-order chi connectivity index (χ1) is 12.8. The summed E-state index contributed by atoms with van der Waals surface area (Å²) >= 11 is 0. The van der Waals surface area contributed by atoms with Crippen LogP contribution in [0.4, 0.5) is 0 Å². The SMILES string of the molecule is CCOC(=O)C=Cc1cc(OCc2ccccc2)nn1-c1ccccc1. The Morgan fingerprint density at radius 1 is 1.08 bits per heavy atom. The van der Waals surface area contributed by atoms with Crippen LogP contribution in [0.3, 0.4) is 0 Å². The minimum absolute atomic E-state index is 0.340. The van der Waals surface area contributed by atoms with Crippen LogP contribution < -0.4 is 4.74 Å². The number of benzene rings is 2. The van der Waals surface area contributed by atoms with Gasteiger partial charge in [-0.3, -0.25) is 0 Å². The van der Waals surface area contributed by atoms with Crippen LogP contribution >= 0.6 is 0 Å². The molecule has 0 radical (unpaired) electrons. The summed E-state index contributed by atoms with van der Waals surface area (Å²) in [6.45, 7) is 2.54. The smallest absolute Gasteiger partial charge is 0.330 e. The first kappa shape index (κ1) is 17.5. The van der Waals surface area contributed by atoms with Crippen LogP contribution in [0.2, 0.25) is 0 Å². The predicted molar refractivity (Wildman–Crippen MR) is 100 cm³/mol. The highest BCUT2D eigenvalue weighted by Crippen LogP contribution is 2.19. The molecule has 0 spiro atoms. The molecule has 0 N–H and O–H groups in total. The van der Waals surface area contributed by atoms with Crippen molar-refractivity contribution in [3.63, 3.8) is 0 Å². The van der Waals surface area contributed by atoms with Gasteiger partial charge in [0.2, 0.25) is 5.88 Å². The zero-order valence-electron chi connectivity index (χ0n) is 14.5. The van der Waals surface area contributed by atoms with Crippen LogP contribution in [0.25, 0.3) is 11.8 Å². The van der Waals surface area contributed by atoms with Gasteiger partial charge in [-0.25, -0.2) is 9.48 Å². The molecular weight excluding hydrogens is 328 g/mol. The predicted octanol–water partition coefficient (Wildman–Crippen LogP) is 4.03. The van der Waals surface area contributed by atoms with Crippen molar-refractivity contribution in [3.05, 3.63) is 84.1 Å². The molecule has 132 valence electrons. The Balaban J connectivity index is 1.83. The van der Waals surface area contributed by atoms with E-state index in [1.807, 2.05) is 60.7 Å². The lowest BCUT2D eigenvalue weighted by atomic mass is 10.2. The fraction of sp³-hybridized carbons (Fsp3) is 0.143. The minimum Gasteiger partial charge on any atom is -0.472 e. The number of nitrogens with zero attached hydrogens (tertiary/aromatic N) is 2. The number of aromatic nitrogens is 2. The highest BCUT2D eigenvalue weighted by atomic mass is 16.5. The summed E-state index contributed by atoms with van der Waals surface area (Å²) in [5, 5.41) is 4.51. The Morgan fingerprint density at radius 3 is 2.46 bits per heavy atom. The van der Waals surface area contributed by atoms with Crippen molar-refractivity contribution in [2.75, 3.05) is 6.61 Å². The van der Waals surface area contributed by atoms with Crippen molar-refractivity contribution in [1.29, 1.82) is 0 Å². The van der Waals surface area contributed by atoms with E-state index >= 15 is 0 Å². The summed E-state index contributed by atoms with van der Waals surface area (Å²) in [7, 11) is 0. The number of para-hydroxylation sites is 1. The van der Waals surface area contributed by atoms with Gasteiger partial charge in [0.05, 0.1) is 18.0 Å². The second kappa shape index (κ2) is 8.67. The Labute approximate surface area is 152 Å². The van der Waals surface area contributed by atoms with Gasteiger partial charge in [-0.1, -0.05) is 48.5 Å². The van der Waals surface area contributed by atoms with Crippen LogP contribution in [0.1, 0.15) is 18.2 Å². The Kier molecular flexibility index (Phi) is 5.83. The van der Waals surface area contributed by atoms with Crippen LogP contribution in [0.15, 0.2) is 72.8 Å². The Hall–Kier alpha value is -3.34. The van der Waals surface area contributed by atoms with Gasteiger partial charge < -0.3 is 9.47 Å². The molecule has 0 atom stereocenters. The molecule has 1 aromatic heterocycles. The normalized spacial score (nSPS) is 10.8. The molecule has 0 saturated carbocycles. The molecule has 3 aromatic rings. The van der Waals surface area contributed by atoms with Crippen molar-refractivity contribution in [2.45, 2.75) is 13.5 Å². The molecule has 0 amide bonds. The fourth-order valence-corrected chi connectivity index (χ4v) is 2.41. The summed E-state index contributed by atoms with van der Waals surface area (Å²) in [6.07, 6.45) is 3.06. The lowest BCUT2D eigenvalue weighted by Crippen LogP contribution is -2.01. The summed E-state index contributed by atoms with van der Waals surface area (Å²) < 4.78 is 12.5. The summed E-state index contributed by atoms with van der Waals surface area (Å²) in [5.41, 5.74) is 2.67. The summed E-state index contributed by atoms with van der Waals surface area (Å²) in [6, 6.07) is 21.4. The molecule has 5 nitrogen and oxygen atoms in total. The third kappa shape index (κ3) is 4.60. The molecule has 26 heavy (non-hydrogen) atoms. The highest BCUT2D eigenvalue weighted by molar-refractivity contribution is 5.86. The van der Waals surface area contributed by atoms with Gasteiger partial charge in [-0.2, -0.15) is 0 Å². The third-order valence-electron chi connectivity index (χ3n) is 3.62. The van der Waals surface area contributed by atoms with Gasteiger partial charge in [0, 0.05) is 12.1 Å². The van der Waals surface area contributed by atoms with Crippen molar-refractivity contribution in [2.24, 2.45) is 0 Å². The standard InChI is InChI=1S/C21H20N2O3/c1-2-25-21(24)14-13-19-15-20(26-16-17-9-5-3-6-10-17)22-23(19)18-11-7-4-8-12-18/h3-15H,2,16H2,1H3. The van der Waals surface area contributed by atoms with E-state index in [1.54, 1.807) is 23.7 Å². The second-order valence-electron chi connectivity index (χ2n) is 5.51. The van der Waals surface area contributed by atoms with Gasteiger partial charge >= 0.3 is 5.97 Å². The van der Waals surface area contributed by atoms with Crippen LogP contribution in [-0.4, -0.2) is 22.4 Å². The van der Waals surface area contributed by atoms with Crippen LogP contribution in [-0.2, 0) is 16.1 Å². The van der Waals surface area contributed by atoms with E-state index in [-0.39, 0.29) is 5.97 Å². The van der Waals surface area contributed by atoms with Crippen molar-refractivity contribution in [3.8, 4) is 11.6 Å². The van der Waals surface area contributed by atoms with Crippen molar-refractivity contribution < 1.29 is 14.3 Å². The van der Waals surface area contributed by atoms with E-state index in [2.05, 4.69) is 5.10 Å². The van der Waals surface area contributed by atoms with E-state index in [4.69, 9.17) is 9.47 Å². The first-order valence-electron chi connectivity index (χ1n) is 8.43. The highest BCUT2D eigenvalue weighted by Gasteiger charge is 2.09. The van der Waals surface area contributed by atoms with E-state index in [1.165, 1.54) is 6.08 Å². The van der Waals surface area contributed by atoms with Crippen LogP contribution in [0.5, 0.6) is 5.88 Å². The second-order valence-corrected chi connectivity index (χ2v) is 5.51. The van der Waals surface area contributed by atoms with Gasteiger partial charge in [0.1, 0.15) is 6.61 Å². The van der Waals surface area contributed by atoms with Gasteiger partial charge in [-0.15, -0.1) is 5.10 Å². The largest absolute Gasteiger partial charge is 0.472 e. The zero-order valence-corrected chi connectivity index (χ0v) is 14.5. The maximum absolute atomic E-state index is 11.6. The van der Waals surface area contributed by atoms with Gasteiger partial charge in [0.15, 0.2) is 0 Å². The molecule has 0 aliphatic heterocycles. The lowest BCUT2D eigenvalue weighted by Gasteiger charge is -2.04. The summed E-state index contributed by atoms with van der Waals surface area (Å²) in [4.78, 5) is 11.6. The first-order valence-corrected chi connectivity index (χ1v) is 8.43. The molecule has 0 bridgehead atoms. The number of carbonyl (C=O) groups is 1. The maximum atomic E-state index is 11.6. The Bertz CT molecular complexity index is 871. The molecule has 0 unspecified atom stereocenters. The molecule has 2 aromatic carbocycles. The van der Waals surface area contributed by atoms with E-state index in [9.17, 15) is 4.79 Å². The average Bonchev–Trinajstić information content (AvgIpc) is 3.10. The fourth-order valence-electron chi connectivity index (χ4n) is 2.41. The summed E-state index contributed by atoms with van der Waals surface area (Å²) in [5.74, 6) is 0.0984. The number of ether oxygens (including phenoxy) is 2. The molecule has 0 saturated heterocycles. The number of hydrogen-bond donors (Lipinski definition) is 0. The molecule has 3 rings (SSSR count). The third-order valence-corrected chi connectivity index (χ3v) is 3.62. The lowest BCUT2D eigenvalue weighted by molar-refractivity contribution is -0.137. The van der Waals surface area contributed by atoms with Gasteiger partial charge in [-0.05, 0) is 30.7 Å². The van der Waals surface area contributed by atoms with E-state index in [0.29, 0.717) is 19.1 Å². The van der Waals surface area contributed by atoms with Gasteiger partial charge in [0.25, 0.3) is 0 Å². The Morgan fingerprint density at radius 2 is 1.77 bits per heavy atom. The zero-order chi connectivity index (χ0) is 18.2. The van der Waals surface area contributed by atoms with Crippen molar-refractivity contribution >= 4 is 12.0 Å². The van der Waals surface area contributed by atoms with E-state index < -0.39 is 0 Å². The topological polar surface area (TPSA) is 53.4 Å². The number of hydrogen-bond acceptors (Lipinski definition) is 4. The molecular formula is C21H20N2O3. The maximum Gasteiger partial charge on any atom is 0.330 e. The molecule has 5 heteroatoms. The number of carbonyl (C=O) groups excluding carboxylic acids is 1. The quantitative estimate of drug-likeness (QED) is 0.478. The molecule has 0 fully saturated rings. The van der Waals surface area contributed by atoms with E-state index in [0.717, 1.165) is 16.9 Å². The van der Waals surface area contributed by atoms with Crippen molar-refractivity contribution in [1.82, 2.24) is 9.78 Å². The molecule has 1 heterocycles. The monoisotopic (exact) mass is 348 g/mol. The number of esters is 1.